The zero-order valence-corrected chi connectivity index (χ0v) is 17.8. The van der Waals surface area contributed by atoms with Gasteiger partial charge < -0.3 is 16.2 Å². The van der Waals surface area contributed by atoms with Gasteiger partial charge in [-0.2, -0.15) is 5.10 Å². The second kappa shape index (κ2) is 9.43. The van der Waals surface area contributed by atoms with Crippen molar-refractivity contribution in [1.29, 1.82) is 0 Å². The van der Waals surface area contributed by atoms with Crippen LogP contribution in [0.4, 0.5) is 5.69 Å². The molecule has 0 bridgehead atoms. The fourth-order valence-corrected chi connectivity index (χ4v) is 3.71. The van der Waals surface area contributed by atoms with E-state index < -0.39 is 5.56 Å². The summed E-state index contributed by atoms with van der Waals surface area (Å²) in [5, 5.41) is 7.48. The van der Waals surface area contributed by atoms with E-state index >= 15 is 0 Å². The van der Waals surface area contributed by atoms with Crippen LogP contribution >= 0.6 is 11.6 Å². The van der Waals surface area contributed by atoms with Gasteiger partial charge in [0.2, 0.25) is 5.69 Å². The van der Waals surface area contributed by atoms with Crippen molar-refractivity contribution >= 4 is 39.3 Å². The van der Waals surface area contributed by atoms with Crippen molar-refractivity contribution in [1.82, 2.24) is 10.2 Å². The van der Waals surface area contributed by atoms with Crippen molar-refractivity contribution < 1.29 is 4.74 Å². The summed E-state index contributed by atoms with van der Waals surface area (Å²) in [6.07, 6.45) is 1.39. The number of nitrogens with zero attached hydrogens (tertiary/aromatic N) is 3. The molecule has 0 unspecified atom stereocenters. The Kier molecular flexibility index (Phi) is 6.70. The molecule has 3 rings (SSSR count). The summed E-state index contributed by atoms with van der Waals surface area (Å²) in [4.78, 5) is 20.3. The van der Waals surface area contributed by atoms with Crippen LogP contribution in [0, 0.1) is 6.57 Å². The number of aliphatic imine (C=N–C) groups is 1. The normalized spacial score (nSPS) is 12.1. The number of hydrogen-bond acceptors (Lipinski definition) is 6. The molecule has 0 saturated carbocycles. The summed E-state index contributed by atoms with van der Waals surface area (Å²) < 4.78 is 5.60. The number of aromatic nitrogens is 2. The quantitative estimate of drug-likeness (QED) is 0.403. The number of H-pyrrole nitrogens is 1. The van der Waals surface area contributed by atoms with Gasteiger partial charge in [0.15, 0.2) is 0 Å². The SMILES string of the molecule is [C-]#[N+]c1c(OCC)cccc1C(=NC)/C(=C\N)c1cc(Cl)c2c(=O)[nH]nc(CN)c2c1. The van der Waals surface area contributed by atoms with Crippen LogP contribution in [-0.4, -0.2) is 29.6 Å². The van der Waals surface area contributed by atoms with Crippen LogP contribution in [0.15, 0.2) is 46.3 Å². The lowest BCUT2D eigenvalue weighted by Crippen LogP contribution is -2.14. The second-order valence-electron chi connectivity index (χ2n) is 6.43. The highest BCUT2D eigenvalue weighted by Gasteiger charge is 2.20. The van der Waals surface area contributed by atoms with Crippen molar-refractivity contribution in [3.8, 4) is 5.75 Å². The fraction of sp³-hybridized carbons (Fsp3) is 0.182. The van der Waals surface area contributed by atoms with Gasteiger partial charge >= 0.3 is 0 Å². The Hall–Kier alpha value is -3.67. The van der Waals surface area contributed by atoms with Crippen LogP contribution in [0.5, 0.6) is 5.75 Å². The molecule has 9 heteroatoms. The third-order valence-electron chi connectivity index (χ3n) is 4.74. The molecular weight excluding hydrogens is 416 g/mol. The van der Waals surface area contributed by atoms with E-state index in [0.717, 1.165) is 0 Å². The van der Waals surface area contributed by atoms with Gasteiger partial charge in [-0.1, -0.05) is 23.7 Å². The Labute approximate surface area is 184 Å². The largest absolute Gasteiger partial charge is 0.505 e. The minimum absolute atomic E-state index is 0.113. The van der Waals surface area contributed by atoms with Crippen LogP contribution in [0.25, 0.3) is 21.2 Å². The number of fused-ring (bicyclic) bond motifs is 1. The Balaban J connectivity index is 2.26. The second-order valence-corrected chi connectivity index (χ2v) is 6.84. The first-order valence-corrected chi connectivity index (χ1v) is 9.82. The molecular formula is C22H21ClN6O2. The fourth-order valence-electron chi connectivity index (χ4n) is 3.41. The number of nitrogens with two attached hydrogens (primary N) is 2. The average molecular weight is 437 g/mol. The van der Waals surface area contributed by atoms with Gasteiger partial charge in [0.1, 0.15) is 5.75 Å². The van der Waals surface area contributed by atoms with Gasteiger partial charge in [0.25, 0.3) is 5.56 Å². The molecule has 158 valence electrons. The number of benzene rings is 2. The van der Waals surface area contributed by atoms with Crippen LogP contribution in [0.2, 0.25) is 5.02 Å². The van der Waals surface area contributed by atoms with Crippen LogP contribution in [0.1, 0.15) is 23.7 Å². The molecule has 31 heavy (non-hydrogen) atoms. The summed E-state index contributed by atoms with van der Waals surface area (Å²) in [5.41, 5.74) is 14.4. The number of halogens is 1. The standard InChI is InChI=1S/C22H21ClN6O2/c1-4-31-18-7-5-6-13(21(18)27-3)20(26-2)15(10-24)12-8-14-17(11-25)28-29-22(30)19(14)16(23)9-12/h5-10H,4,11,24-25H2,1-2H3,(H,29,30)/b15-10-,26-20?. The van der Waals surface area contributed by atoms with Crippen molar-refractivity contribution in [2.24, 2.45) is 16.5 Å². The molecule has 5 N–H and O–H groups in total. The maximum absolute atomic E-state index is 12.3. The lowest BCUT2D eigenvalue weighted by molar-refractivity contribution is 0.342. The molecule has 0 aliphatic rings. The van der Waals surface area contributed by atoms with E-state index in [1.54, 1.807) is 37.4 Å². The third-order valence-corrected chi connectivity index (χ3v) is 5.03. The molecule has 2 aromatic carbocycles. The van der Waals surface area contributed by atoms with Gasteiger partial charge in [-0.25, -0.2) is 9.94 Å². The molecule has 0 fully saturated rings. The highest BCUT2D eigenvalue weighted by atomic mass is 35.5. The topological polar surface area (TPSA) is 124 Å². The first kappa shape index (κ1) is 22.0. The Morgan fingerprint density at radius 3 is 2.81 bits per heavy atom. The van der Waals surface area contributed by atoms with Gasteiger partial charge in [0.05, 0.1) is 35.0 Å². The first-order valence-electron chi connectivity index (χ1n) is 9.44. The van der Waals surface area contributed by atoms with E-state index in [-0.39, 0.29) is 11.6 Å². The van der Waals surface area contributed by atoms with Gasteiger partial charge in [-0.3, -0.25) is 9.79 Å². The van der Waals surface area contributed by atoms with Gasteiger partial charge in [0, 0.05) is 36.3 Å². The van der Waals surface area contributed by atoms with E-state index in [4.69, 9.17) is 34.4 Å². The number of ether oxygens (including phenoxy) is 1. The van der Waals surface area contributed by atoms with Crippen molar-refractivity contribution in [2.75, 3.05) is 13.7 Å². The molecule has 0 aliphatic carbocycles. The van der Waals surface area contributed by atoms with Crippen molar-refractivity contribution in [3.63, 3.8) is 0 Å². The van der Waals surface area contributed by atoms with Crippen LogP contribution < -0.4 is 21.8 Å². The molecule has 0 aliphatic heterocycles. The minimum atomic E-state index is -0.411. The summed E-state index contributed by atoms with van der Waals surface area (Å²) >= 11 is 6.45. The molecule has 0 saturated heterocycles. The summed E-state index contributed by atoms with van der Waals surface area (Å²) in [7, 11) is 1.61. The van der Waals surface area contributed by atoms with E-state index in [1.807, 2.05) is 6.92 Å². The van der Waals surface area contributed by atoms with Crippen molar-refractivity contribution in [3.05, 3.63) is 80.1 Å². The summed E-state index contributed by atoms with van der Waals surface area (Å²) in [6, 6.07) is 8.68. The Bertz CT molecular complexity index is 1300. The molecule has 1 heterocycles. The van der Waals surface area contributed by atoms with Crippen LogP contribution in [-0.2, 0) is 6.54 Å². The Morgan fingerprint density at radius 2 is 2.19 bits per heavy atom. The lowest BCUT2D eigenvalue weighted by Gasteiger charge is -2.16. The number of hydrogen-bond donors (Lipinski definition) is 3. The summed E-state index contributed by atoms with van der Waals surface area (Å²) in [6.45, 7) is 10.0. The van der Waals surface area contributed by atoms with Crippen LogP contribution in [0.3, 0.4) is 0 Å². The van der Waals surface area contributed by atoms with Gasteiger partial charge in [-0.05, 0) is 30.7 Å². The minimum Gasteiger partial charge on any atom is -0.505 e. The Morgan fingerprint density at radius 1 is 1.42 bits per heavy atom. The molecule has 0 amide bonds. The highest BCUT2D eigenvalue weighted by molar-refractivity contribution is 6.37. The summed E-state index contributed by atoms with van der Waals surface area (Å²) in [5.74, 6) is 0.463. The average Bonchev–Trinajstić information content (AvgIpc) is 2.77. The zero-order valence-electron chi connectivity index (χ0n) is 17.1. The number of nitrogens with one attached hydrogen (secondary N) is 1. The highest BCUT2D eigenvalue weighted by Crippen LogP contribution is 2.36. The smallest absolute Gasteiger partial charge is 0.273 e. The maximum Gasteiger partial charge on any atom is 0.273 e. The van der Waals surface area contributed by atoms with Crippen molar-refractivity contribution in [2.45, 2.75) is 13.5 Å². The number of allylic oxidation sites excluding steroid dienone is 1. The molecule has 0 spiro atoms. The van der Waals surface area contributed by atoms with E-state index in [2.05, 4.69) is 20.0 Å². The predicted octanol–water partition coefficient (Wildman–Crippen LogP) is 3.40. The predicted molar refractivity (Wildman–Crippen MR) is 124 cm³/mol. The maximum atomic E-state index is 12.3. The molecule has 3 aromatic rings. The monoisotopic (exact) mass is 436 g/mol. The van der Waals surface area contributed by atoms with Gasteiger partial charge in [-0.15, -0.1) is 0 Å². The third kappa shape index (κ3) is 4.01. The molecule has 0 atom stereocenters. The first-order chi connectivity index (χ1) is 15.0. The molecule has 1 aromatic heterocycles. The number of rotatable bonds is 6. The zero-order chi connectivity index (χ0) is 22.5. The molecule has 0 radical (unpaired) electrons. The lowest BCUT2D eigenvalue weighted by atomic mass is 9.93. The number of para-hydroxylation sites is 1. The number of aromatic amines is 1. The van der Waals surface area contributed by atoms with E-state index in [1.165, 1.54) is 6.20 Å². The molecule has 8 nitrogen and oxygen atoms in total. The van der Waals surface area contributed by atoms with E-state index in [0.29, 0.717) is 56.9 Å². The van der Waals surface area contributed by atoms with E-state index in [9.17, 15) is 4.79 Å².